The second kappa shape index (κ2) is 21.1. The second-order valence-electron chi connectivity index (χ2n) is 15.1. The number of rotatable bonds is 19. The van der Waals surface area contributed by atoms with Crippen molar-refractivity contribution in [2.75, 3.05) is 42.7 Å². The van der Waals surface area contributed by atoms with Crippen molar-refractivity contribution in [3.05, 3.63) is 88.9 Å². The van der Waals surface area contributed by atoms with Gasteiger partial charge in [0.1, 0.15) is 23.5 Å². The molecule has 4 heterocycles. The van der Waals surface area contributed by atoms with E-state index in [1.54, 1.807) is 17.0 Å². The number of hydrogen-bond acceptors (Lipinski definition) is 11. The lowest BCUT2D eigenvalue weighted by Gasteiger charge is -2.49. The Morgan fingerprint density at radius 3 is 2.38 bits per heavy atom. The van der Waals surface area contributed by atoms with Crippen LogP contribution >= 0.6 is 0 Å². The van der Waals surface area contributed by atoms with E-state index in [9.17, 15) is 24.0 Å². The van der Waals surface area contributed by atoms with Gasteiger partial charge in [-0.1, -0.05) is 32.1 Å². The summed E-state index contributed by atoms with van der Waals surface area (Å²) >= 11 is 0. The summed E-state index contributed by atoms with van der Waals surface area (Å²) < 4.78 is 3.63. The Labute approximate surface area is 352 Å². The van der Waals surface area contributed by atoms with E-state index in [2.05, 4.69) is 95.0 Å². The van der Waals surface area contributed by atoms with Crippen LogP contribution in [0.2, 0.25) is 0 Å². The predicted octanol–water partition coefficient (Wildman–Crippen LogP) is 5.62. The van der Waals surface area contributed by atoms with Crippen molar-refractivity contribution in [1.29, 1.82) is 0 Å². The van der Waals surface area contributed by atoms with Crippen molar-refractivity contribution in [1.82, 2.24) is 34.9 Å². The number of imide groups is 1. The smallest absolute Gasteiger partial charge is 0.278 e. The van der Waals surface area contributed by atoms with E-state index in [4.69, 9.17) is 4.98 Å². The minimum atomic E-state index is -0.903. The number of aldehydes is 1. The molecule has 15 heteroatoms. The van der Waals surface area contributed by atoms with Gasteiger partial charge in [-0.15, -0.1) is 6.58 Å². The van der Waals surface area contributed by atoms with Gasteiger partial charge < -0.3 is 31.0 Å². The van der Waals surface area contributed by atoms with E-state index >= 15 is 0 Å². The first-order chi connectivity index (χ1) is 29.1. The Balaban J connectivity index is 0.000000365. The van der Waals surface area contributed by atoms with E-state index in [1.807, 2.05) is 30.7 Å². The van der Waals surface area contributed by atoms with Crippen molar-refractivity contribution in [3.8, 4) is 0 Å². The van der Waals surface area contributed by atoms with Gasteiger partial charge in [-0.2, -0.15) is 4.98 Å². The lowest BCUT2D eigenvalue weighted by molar-refractivity contribution is -0.140. The summed E-state index contributed by atoms with van der Waals surface area (Å²) in [6, 6.07) is 14.3. The molecule has 4 N–H and O–H groups in total. The van der Waals surface area contributed by atoms with Crippen molar-refractivity contribution in [2.45, 2.75) is 84.8 Å². The Morgan fingerprint density at radius 1 is 1.05 bits per heavy atom. The summed E-state index contributed by atoms with van der Waals surface area (Å²) in [5, 5.41) is 13.5. The molecule has 4 bridgehead atoms. The highest BCUT2D eigenvalue weighted by Crippen LogP contribution is 2.57. The van der Waals surface area contributed by atoms with Gasteiger partial charge in [0.2, 0.25) is 24.7 Å². The summed E-state index contributed by atoms with van der Waals surface area (Å²) in [6.45, 7) is 14.5. The van der Waals surface area contributed by atoms with Crippen LogP contribution in [0.3, 0.4) is 0 Å². The number of benzene rings is 2. The molecule has 3 fully saturated rings. The van der Waals surface area contributed by atoms with Gasteiger partial charge in [-0.3, -0.25) is 24.1 Å². The Kier molecular flexibility index (Phi) is 15.8. The molecule has 2 aromatic carbocycles. The van der Waals surface area contributed by atoms with Crippen LogP contribution in [0.15, 0.2) is 72.2 Å². The molecule has 3 unspecified atom stereocenters. The van der Waals surface area contributed by atoms with Crippen LogP contribution in [0.4, 0.5) is 23.0 Å². The summed E-state index contributed by atoms with van der Waals surface area (Å²) in [4.78, 5) is 67.7. The third kappa shape index (κ3) is 9.78. The maximum absolute atomic E-state index is 13.3. The maximum atomic E-state index is 13.3. The van der Waals surface area contributed by atoms with Crippen LogP contribution < -0.4 is 31.7 Å². The van der Waals surface area contributed by atoms with E-state index in [1.165, 1.54) is 36.7 Å². The summed E-state index contributed by atoms with van der Waals surface area (Å²) in [7, 11) is 3.53. The lowest BCUT2D eigenvalue weighted by Crippen LogP contribution is -2.56. The number of nitrogens with zero attached hydrogens (tertiary/aromatic N) is 6. The Bertz CT molecular complexity index is 2190. The van der Waals surface area contributed by atoms with E-state index in [-0.39, 0.29) is 31.2 Å². The normalized spacial score (nSPS) is 18.4. The molecule has 320 valence electrons. The minimum absolute atomic E-state index is 0.107. The molecule has 5 aliphatic rings. The van der Waals surface area contributed by atoms with Crippen LogP contribution in [-0.2, 0) is 25.7 Å². The minimum Gasteiger partial charge on any atom is -0.385 e. The summed E-state index contributed by atoms with van der Waals surface area (Å²) in [6.07, 6.45) is 11.9. The fourth-order valence-corrected chi connectivity index (χ4v) is 8.39. The van der Waals surface area contributed by atoms with Crippen molar-refractivity contribution in [2.24, 2.45) is 17.8 Å². The van der Waals surface area contributed by atoms with E-state index in [0.717, 1.165) is 55.0 Å². The van der Waals surface area contributed by atoms with Crippen LogP contribution in [0.5, 0.6) is 0 Å². The van der Waals surface area contributed by atoms with Crippen LogP contribution in [0, 0.1) is 31.6 Å². The third-order valence-corrected chi connectivity index (χ3v) is 11.7. The fourth-order valence-electron chi connectivity index (χ4n) is 8.39. The molecule has 9 rings (SSSR count). The number of allylic oxidation sites excluding steroid dienone is 2. The van der Waals surface area contributed by atoms with Crippen molar-refractivity contribution >= 4 is 64.9 Å². The standard InChI is InChI=1S/C35H42N8O.C8H12N2O4.C2H6/c1-5-18-42-34(44)29-21-37-35(40-33(29)43(42)31-20-28-26-15-16-27(28)32(26)39-31)38-24-11-13-25(14-12-24)41(4)19-7-6-17-36-30-10-8-9-22(2)23(30)3;1-9-8(14)7(3-2-4-11)10(5-12)6-13;1-2/h5,8-14,20-21,26-28,32,36,39H,1,6-7,15-19H2,2-4H3,(H,37,38,40);4-7H,2-3H2,1H3,(H,9,14);1-2H3. The first-order valence-corrected chi connectivity index (χ1v) is 20.9. The van der Waals surface area contributed by atoms with Gasteiger partial charge in [0.25, 0.3) is 5.56 Å². The first-order valence-electron chi connectivity index (χ1n) is 20.9. The number of carbonyl (C=O) groups excluding carboxylic acids is 4. The number of fused-ring (bicyclic) bond motifs is 3. The van der Waals surface area contributed by atoms with Gasteiger partial charge in [0, 0.05) is 62.9 Å². The molecule has 3 amide bonds. The van der Waals surface area contributed by atoms with E-state index < -0.39 is 11.9 Å². The van der Waals surface area contributed by atoms with Crippen LogP contribution in [0.25, 0.3) is 16.9 Å². The molecule has 2 aliphatic heterocycles. The van der Waals surface area contributed by atoms with Crippen molar-refractivity contribution < 1.29 is 19.2 Å². The molecule has 2 aromatic heterocycles. The average molecular weight is 821 g/mol. The SMILES string of the molecule is C=CCn1c(=O)c2cnc(Nc3ccc(N(C)CCCCNc4cccc(C)c4C)cc3)nc2n1C1=CC2C3CCC2C3N1.CC.CNC(=O)C(CCC=O)N(C=O)C=O. The molecule has 0 radical (unpaired) electrons. The van der Waals surface area contributed by atoms with Crippen molar-refractivity contribution in [3.63, 3.8) is 0 Å². The van der Waals surface area contributed by atoms with Gasteiger partial charge in [-0.25, -0.2) is 14.3 Å². The number of likely N-dealkylation sites (N-methyl/N-ethyl adjacent to an activating group) is 1. The average Bonchev–Trinajstić information content (AvgIpc) is 3.99. The monoisotopic (exact) mass is 820 g/mol. The quantitative estimate of drug-likeness (QED) is 0.0526. The largest absolute Gasteiger partial charge is 0.385 e. The zero-order valence-corrected chi connectivity index (χ0v) is 35.7. The number of aryl methyl sites for hydroxylation is 1. The number of nitrogens with one attached hydrogen (secondary N) is 4. The first kappa shape index (κ1) is 44.8. The molecule has 3 atom stereocenters. The lowest BCUT2D eigenvalue weighted by atomic mass is 9.65. The van der Waals surface area contributed by atoms with E-state index in [0.29, 0.717) is 46.7 Å². The number of unbranched alkanes of at least 4 members (excludes halogenated alkanes) is 1. The maximum Gasteiger partial charge on any atom is 0.278 e. The van der Waals surface area contributed by atoms with Gasteiger partial charge in [0.05, 0.1) is 6.54 Å². The highest BCUT2D eigenvalue weighted by molar-refractivity contribution is 5.87. The molecule has 3 aliphatic carbocycles. The topological polar surface area (TPSA) is 176 Å². The molecule has 4 aromatic rings. The predicted molar refractivity (Wildman–Crippen MR) is 238 cm³/mol. The summed E-state index contributed by atoms with van der Waals surface area (Å²) in [5.41, 5.74) is 6.42. The number of carbonyl (C=O) groups is 4. The van der Waals surface area contributed by atoms with Gasteiger partial charge in [-0.05, 0) is 111 Å². The highest BCUT2D eigenvalue weighted by Gasteiger charge is 2.57. The molecular weight excluding hydrogens is 761 g/mol. The zero-order valence-electron chi connectivity index (χ0n) is 35.7. The molecular formula is C45H60N10O5. The third-order valence-electron chi connectivity index (χ3n) is 11.7. The number of anilines is 4. The highest BCUT2D eigenvalue weighted by atomic mass is 16.2. The summed E-state index contributed by atoms with van der Waals surface area (Å²) in [5.74, 6) is 2.99. The molecule has 3 saturated carbocycles. The zero-order chi connectivity index (χ0) is 43.3. The number of amides is 3. The van der Waals surface area contributed by atoms with Crippen LogP contribution in [-0.4, -0.2) is 88.5 Å². The Morgan fingerprint density at radius 2 is 1.77 bits per heavy atom. The molecule has 0 saturated heterocycles. The fraction of sp³-hybridized carbons (Fsp3) is 0.444. The van der Waals surface area contributed by atoms with Crippen LogP contribution in [0.1, 0.15) is 63.5 Å². The molecule has 0 spiro atoms. The van der Waals surface area contributed by atoms with Gasteiger partial charge >= 0.3 is 0 Å². The second-order valence-corrected chi connectivity index (χ2v) is 15.1. The number of hydrogen-bond donors (Lipinski definition) is 4. The van der Waals surface area contributed by atoms with Gasteiger partial charge in [0.15, 0.2) is 5.65 Å². The molecule has 60 heavy (non-hydrogen) atoms. The Hall–Kier alpha value is -6.25. The molecule has 15 nitrogen and oxygen atoms in total. The number of aromatic nitrogens is 4.